The molecule has 0 aromatic heterocycles. The molecule has 1 fully saturated rings. The first-order chi connectivity index (χ1) is 8.66. The molecule has 4 heteroatoms. The average Bonchev–Trinajstić information content (AvgIpc) is 3.18. The van der Waals surface area contributed by atoms with Crippen molar-refractivity contribution in [2.75, 3.05) is 6.54 Å². The Labute approximate surface area is 106 Å². The van der Waals surface area contributed by atoms with Crippen LogP contribution >= 0.6 is 0 Å². The van der Waals surface area contributed by atoms with Crippen LogP contribution in [0.1, 0.15) is 18.4 Å². The second-order valence-electron chi connectivity index (χ2n) is 4.34. The highest BCUT2D eigenvalue weighted by Gasteiger charge is 2.32. The van der Waals surface area contributed by atoms with Gasteiger partial charge >= 0.3 is 5.97 Å². The SMILES string of the molecule is O=C(O)CN(C(=O)/C=C/c1ccccc1)C1CC1. The molecular formula is C14H15NO3. The largest absolute Gasteiger partial charge is 0.480 e. The van der Waals surface area contributed by atoms with Crippen LogP contribution in [0.3, 0.4) is 0 Å². The molecule has 1 N–H and O–H groups in total. The Hall–Kier alpha value is -2.10. The Morgan fingerprint density at radius 2 is 1.94 bits per heavy atom. The minimum atomic E-state index is -0.969. The molecule has 4 nitrogen and oxygen atoms in total. The fraction of sp³-hybridized carbons (Fsp3) is 0.286. The highest BCUT2D eigenvalue weighted by molar-refractivity contribution is 5.94. The van der Waals surface area contributed by atoms with Crippen molar-refractivity contribution in [3.8, 4) is 0 Å². The summed E-state index contributed by atoms with van der Waals surface area (Å²) in [5.74, 6) is -1.20. The molecule has 2 rings (SSSR count). The maximum Gasteiger partial charge on any atom is 0.323 e. The van der Waals surface area contributed by atoms with Crippen LogP contribution in [0.2, 0.25) is 0 Å². The number of carbonyl (C=O) groups is 2. The lowest BCUT2D eigenvalue weighted by Gasteiger charge is -2.17. The quantitative estimate of drug-likeness (QED) is 0.804. The predicted molar refractivity (Wildman–Crippen MR) is 67.8 cm³/mol. The molecule has 1 aromatic carbocycles. The summed E-state index contributed by atoms with van der Waals surface area (Å²) >= 11 is 0. The van der Waals surface area contributed by atoms with E-state index in [0.29, 0.717) is 0 Å². The van der Waals surface area contributed by atoms with E-state index in [1.807, 2.05) is 30.3 Å². The van der Waals surface area contributed by atoms with Crippen LogP contribution in [0.4, 0.5) is 0 Å². The summed E-state index contributed by atoms with van der Waals surface area (Å²) < 4.78 is 0. The van der Waals surface area contributed by atoms with Crippen molar-refractivity contribution in [1.82, 2.24) is 4.90 Å². The number of carboxylic acid groups (broad SMARTS) is 1. The van der Waals surface area contributed by atoms with E-state index in [1.54, 1.807) is 6.08 Å². The van der Waals surface area contributed by atoms with Gasteiger partial charge in [0.15, 0.2) is 0 Å². The zero-order valence-electron chi connectivity index (χ0n) is 9.95. The van der Waals surface area contributed by atoms with Gasteiger partial charge < -0.3 is 10.0 Å². The third-order valence-electron chi connectivity index (χ3n) is 2.79. The molecule has 1 aliphatic carbocycles. The molecule has 1 aliphatic rings. The van der Waals surface area contributed by atoms with Gasteiger partial charge in [0, 0.05) is 12.1 Å². The van der Waals surface area contributed by atoms with Crippen molar-refractivity contribution in [1.29, 1.82) is 0 Å². The standard InChI is InChI=1S/C14H15NO3/c16-13(9-6-11-4-2-1-3-5-11)15(10-14(17)18)12-7-8-12/h1-6,9,12H,7-8,10H2,(H,17,18)/b9-6+. The first-order valence-corrected chi connectivity index (χ1v) is 5.92. The fourth-order valence-electron chi connectivity index (χ4n) is 1.75. The molecule has 18 heavy (non-hydrogen) atoms. The van der Waals surface area contributed by atoms with Crippen LogP contribution in [0, 0.1) is 0 Å². The van der Waals surface area contributed by atoms with Gasteiger partial charge in [-0.05, 0) is 24.5 Å². The molecule has 94 valence electrons. The molecule has 1 saturated carbocycles. The van der Waals surface area contributed by atoms with Crippen LogP contribution in [0.25, 0.3) is 6.08 Å². The second kappa shape index (κ2) is 5.49. The number of nitrogens with zero attached hydrogens (tertiary/aromatic N) is 1. The predicted octanol–water partition coefficient (Wildman–Crippen LogP) is 1.78. The van der Waals surface area contributed by atoms with E-state index >= 15 is 0 Å². The number of rotatable bonds is 5. The third kappa shape index (κ3) is 3.45. The van der Waals surface area contributed by atoms with Crippen molar-refractivity contribution in [2.24, 2.45) is 0 Å². The zero-order valence-corrected chi connectivity index (χ0v) is 9.95. The summed E-state index contributed by atoms with van der Waals surface area (Å²) in [7, 11) is 0. The lowest BCUT2D eigenvalue weighted by atomic mass is 10.2. The Bertz CT molecular complexity index is 463. The third-order valence-corrected chi connectivity index (χ3v) is 2.79. The number of benzene rings is 1. The van der Waals surface area contributed by atoms with Gasteiger partial charge in [0.1, 0.15) is 6.54 Å². The molecule has 0 bridgehead atoms. The van der Waals surface area contributed by atoms with Crippen LogP contribution in [0.15, 0.2) is 36.4 Å². The number of hydrogen-bond donors (Lipinski definition) is 1. The minimum Gasteiger partial charge on any atom is -0.480 e. The molecule has 1 aromatic rings. The first kappa shape index (κ1) is 12.4. The Morgan fingerprint density at radius 1 is 1.28 bits per heavy atom. The molecule has 1 amide bonds. The van der Waals surface area contributed by atoms with E-state index in [-0.39, 0.29) is 18.5 Å². The summed E-state index contributed by atoms with van der Waals surface area (Å²) in [6, 6.07) is 9.57. The van der Waals surface area contributed by atoms with E-state index in [1.165, 1.54) is 11.0 Å². The second-order valence-corrected chi connectivity index (χ2v) is 4.34. The van der Waals surface area contributed by atoms with Crippen LogP contribution in [-0.2, 0) is 9.59 Å². The summed E-state index contributed by atoms with van der Waals surface area (Å²) in [5, 5.41) is 8.78. The smallest absolute Gasteiger partial charge is 0.323 e. The Morgan fingerprint density at radius 3 is 2.50 bits per heavy atom. The van der Waals surface area contributed by atoms with E-state index in [0.717, 1.165) is 18.4 Å². The number of aliphatic carboxylic acids is 1. The monoisotopic (exact) mass is 245 g/mol. The maximum atomic E-state index is 11.9. The molecule has 0 spiro atoms. The average molecular weight is 245 g/mol. The van der Waals surface area contributed by atoms with Crippen molar-refractivity contribution in [2.45, 2.75) is 18.9 Å². The van der Waals surface area contributed by atoms with E-state index in [4.69, 9.17) is 5.11 Å². The van der Waals surface area contributed by atoms with Crippen molar-refractivity contribution < 1.29 is 14.7 Å². The van der Waals surface area contributed by atoms with Crippen molar-refractivity contribution in [3.05, 3.63) is 42.0 Å². The highest BCUT2D eigenvalue weighted by Crippen LogP contribution is 2.26. The van der Waals surface area contributed by atoms with Gasteiger partial charge in [-0.25, -0.2) is 0 Å². The molecular weight excluding hydrogens is 230 g/mol. The lowest BCUT2D eigenvalue weighted by Crippen LogP contribution is -2.36. The van der Waals surface area contributed by atoms with Crippen LogP contribution < -0.4 is 0 Å². The first-order valence-electron chi connectivity index (χ1n) is 5.92. The van der Waals surface area contributed by atoms with Gasteiger partial charge in [0.25, 0.3) is 0 Å². The van der Waals surface area contributed by atoms with Crippen molar-refractivity contribution in [3.63, 3.8) is 0 Å². The number of carboxylic acids is 1. The van der Waals surface area contributed by atoms with Gasteiger partial charge in [-0.15, -0.1) is 0 Å². The van der Waals surface area contributed by atoms with Crippen LogP contribution in [-0.4, -0.2) is 34.5 Å². The normalized spacial score (nSPS) is 14.7. The summed E-state index contributed by atoms with van der Waals surface area (Å²) in [4.78, 5) is 24.0. The zero-order chi connectivity index (χ0) is 13.0. The lowest BCUT2D eigenvalue weighted by molar-refractivity contribution is -0.143. The minimum absolute atomic E-state index is 0.106. The molecule has 0 radical (unpaired) electrons. The van der Waals surface area contributed by atoms with E-state index in [9.17, 15) is 9.59 Å². The Kier molecular flexibility index (Phi) is 3.77. The molecule has 0 heterocycles. The van der Waals surface area contributed by atoms with Crippen molar-refractivity contribution >= 4 is 18.0 Å². The number of amides is 1. The fourth-order valence-corrected chi connectivity index (χ4v) is 1.75. The van der Waals surface area contributed by atoms with Crippen LogP contribution in [0.5, 0.6) is 0 Å². The van der Waals surface area contributed by atoms with Gasteiger partial charge in [-0.1, -0.05) is 30.3 Å². The van der Waals surface area contributed by atoms with Gasteiger partial charge in [0.2, 0.25) is 5.91 Å². The number of carbonyl (C=O) groups excluding carboxylic acids is 1. The van der Waals surface area contributed by atoms with E-state index < -0.39 is 5.97 Å². The summed E-state index contributed by atoms with van der Waals surface area (Å²) in [6.45, 7) is -0.220. The molecule has 0 aliphatic heterocycles. The Balaban J connectivity index is 2.01. The molecule has 0 unspecified atom stereocenters. The summed E-state index contributed by atoms with van der Waals surface area (Å²) in [5.41, 5.74) is 0.928. The molecule has 0 atom stereocenters. The van der Waals surface area contributed by atoms with Gasteiger partial charge in [-0.2, -0.15) is 0 Å². The number of hydrogen-bond acceptors (Lipinski definition) is 2. The molecule has 0 saturated heterocycles. The van der Waals surface area contributed by atoms with E-state index in [2.05, 4.69) is 0 Å². The maximum absolute atomic E-state index is 11.9. The van der Waals surface area contributed by atoms with Gasteiger partial charge in [0.05, 0.1) is 0 Å². The summed E-state index contributed by atoms with van der Waals surface area (Å²) in [6.07, 6.45) is 4.95. The highest BCUT2D eigenvalue weighted by atomic mass is 16.4. The topological polar surface area (TPSA) is 57.6 Å². The van der Waals surface area contributed by atoms with Gasteiger partial charge in [-0.3, -0.25) is 9.59 Å².